The second kappa shape index (κ2) is 8.60. The van der Waals surface area contributed by atoms with Crippen LogP contribution in [0, 0.1) is 12.3 Å². The number of amides is 1. The summed E-state index contributed by atoms with van der Waals surface area (Å²) in [6.45, 7) is 0.275. The molecule has 152 valence electrons. The Labute approximate surface area is 191 Å². The number of hydrogen-bond acceptors (Lipinski definition) is 7. The lowest BCUT2D eigenvalue weighted by Crippen LogP contribution is -2.27. The van der Waals surface area contributed by atoms with Crippen molar-refractivity contribution in [2.45, 2.75) is 0 Å². The fraction of sp³-hybridized carbons (Fsp3) is 0.143. The van der Waals surface area contributed by atoms with E-state index >= 15 is 0 Å². The first kappa shape index (κ1) is 20.6. The summed E-state index contributed by atoms with van der Waals surface area (Å²) in [4.78, 5) is 15.0. The molecule has 0 aromatic heterocycles. The molecule has 9 heteroatoms. The third kappa shape index (κ3) is 3.86. The number of ether oxygens (including phenoxy) is 4. The summed E-state index contributed by atoms with van der Waals surface area (Å²) in [5, 5.41) is 0. The monoisotopic (exact) mass is 503 g/mol. The number of halogens is 1. The van der Waals surface area contributed by atoms with Gasteiger partial charge in [0.05, 0.1) is 22.2 Å². The van der Waals surface area contributed by atoms with Crippen LogP contribution in [0.1, 0.15) is 5.56 Å². The molecule has 2 aliphatic rings. The average molecular weight is 504 g/mol. The minimum absolute atomic E-state index is 0.114. The van der Waals surface area contributed by atoms with Crippen molar-refractivity contribution in [1.82, 2.24) is 0 Å². The van der Waals surface area contributed by atoms with Gasteiger partial charge < -0.3 is 18.9 Å². The lowest BCUT2D eigenvalue weighted by atomic mass is 10.1. The number of rotatable bonds is 5. The minimum Gasteiger partial charge on any atom is -0.493 e. The number of nitrogens with zero attached hydrogens (tertiary/aromatic N) is 1. The van der Waals surface area contributed by atoms with Crippen LogP contribution in [-0.4, -0.2) is 30.7 Å². The normalized spacial score (nSPS) is 16.2. The Kier molecular flexibility index (Phi) is 5.90. The maximum Gasteiger partial charge on any atom is 0.270 e. The molecule has 2 aromatic rings. The van der Waals surface area contributed by atoms with Gasteiger partial charge in [-0.15, -0.1) is 6.42 Å². The van der Waals surface area contributed by atoms with E-state index in [0.717, 1.165) is 5.56 Å². The zero-order valence-corrected chi connectivity index (χ0v) is 18.9. The van der Waals surface area contributed by atoms with Crippen molar-refractivity contribution < 1.29 is 23.7 Å². The van der Waals surface area contributed by atoms with Gasteiger partial charge in [-0.25, -0.2) is 0 Å². The van der Waals surface area contributed by atoms with E-state index < -0.39 is 0 Å². The molecule has 0 N–H and O–H groups in total. The van der Waals surface area contributed by atoms with Crippen LogP contribution in [0.4, 0.5) is 5.69 Å². The van der Waals surface area contributed by atoms with E-state index in [9.17, 15) is 4.79 Å². The maximum absolute atomic E-state index is 13.1. The van der Waals surface area contributed by atoms with Crippen molar-refractivity contribution in [3.63, 3.8) is 0 Å². The summed E-state index contributed by atoms with van der Waals surface area (Å²) in [5.74, 6) is 4.43. The number of anilines is 1. The number of benzene rings is 2. The molecule has 0 saturated carbocycles. The minimum atomic E-state index is -0.216. The quantitative estimate of drug-likeness (QED) is 0.335. The van der Waals surface area contributed by atoms with Gasteiger partial charge in [-0.3, -0.25) is 9.69 Å². The Balaban J connectivity index is 1.64. The van der Waals surface area contributed by atoms with Crippen molar-refractivity contribution in [1.29, 1.82) is 0 Å². The van der Waals surface area contributed by atoms with Crippen LogP contribution in [0.3, 0.4) is 0 Å². The highest BCUT2D eigenvalue weighted by atomic mass is 79.9. The van der Waals surface area contributed by atoms with Gasteiger partial charge in [0.1, 0.15) is 6.61 Å². The lowest BCUT2D eigenvalue weighted by molar-refractivity contribution is -0.113. The number of carbonyl (C=O) groups is 1. The van der Waals surface area contributed by atoms with Gasteiger partial charge >= 0.3 is 0 Å². The lowest BCUT2D eigenvalue weighted by Gasteiger charge is -2.15. The largest absolute Gasteiger partial charge is 0.493 e. The molecule has 0 aliphatic carbocycles. The number of terminal acetylenes is 1. The summed E-state index contributed by atoms with van der Waals surface area (Å²) in [5.41, 5.74) is 1.37. The molecule has 30 heavy (non-hydrogen) atoms. The molecular weight excluding hydrogens is 490 g/mol. The van der Waals surface area contributed by atoms with Crippen LogP contribution in [0.25, 0.3) is 6.08 Å². The smallest absolute Gasteiger partial charge is 0.270 e. The SMILES string of the molecule is C#CCOc1c(Br)cc(C=C2SC(=S)N(c3ccc4c(c3)OCO4)C2=O)cc1OC. The Bertz CT molecular complexity index is 1130. The number of carbonyl (C=O) groups excluding carboxylic acids is 1. The second-order valence-corrected chi connectivity index (χ2v) is 8.61. The molecule has 2 heterocycles. The van der Waals surface area contributed by atoms with Crippen molar-refractivity contribution in [2.24, 2.45) is 0 Å². The molecule has 0 unspecified atom stereocenters. The van der Waals surface area contributed by atoms with Crippen LogP contribution in [0.15, 0.2) is 39.7 Å². The number of thiocarbonyl (C=S) groups is 1. The highest BCUT2D eigenvalue weighted by Gasteiger charge is 2.34. The van der Waals surface area contributed by atoms with E-state index in [0.29, 0.717) is 42.4 Å². The van der Waals surface area contributed by atoms with E-state index in [-0.39, 0.29) is 19.3 Å². The fourth-order valence-electron chi connectivity index (χ4n) is 2.94. The number of hydrogen-bond donors (Lipinski definition) is 0. The Morgan fingerprint density at radius 2 is 2.13 bits per heavy atom. The Hall–Kier alpha value is -2.67. The molecule has 0 radical (unpaired) electrons. The first-order chi connectivity index (χ1) is 14.5. The topological polar surface area (TPSA) is 57.2 Å². The van der Waals surface area contributed by atoms with Gasteiger partial charge in [0, 0.05) is 6.07 Å². The first-order valence-electron chi connectivity index (χ1n) is 8.63. The molecule has 0 bridgehead atoms. The highest BCUT2D eigenvalue weighted by Crippen LogP contribution is 2.42. The third-order valence-electron chi connectivity index (χ3n) is 4.26. The zero-order chi connectivity index (χ0) is 21.3. The van der Waals surface area contributed by atoms with Crippen LogP contribution in [0.5, 0.6) is 23.0 Å². The molecule has 1 saturated heterocycles. The van der Waals surface area contributed by atoms with Crippen molar-refractivity contribution >= 4 is 61.9 Å². The fourth-order valence-corrected chi connectivity index (χ4v) is 4.82. The van der Waals surface area contributed by atoms with Crippen LogP contribution >= 0.6 is 39.9 Å². The van der Waals surface area contributed by atoms with Gasteiger partial charge in [-0.1, -0.05) is 29.9 Å². The third-order valence-corrected chi connectivity index (χ3v) is 6.15. The van der Waals surface area contributed by atoms with E-state index in [1.807, 2.05) is 6.07 Å². The predicted octanol–water partition coefficient (Wildman–Crippen LogP) is 4.60. The second-order valence-electron chi connectivity index (χ2n) is 6.08. The van der Waals surface area contributed by atoms with Crippen LogP contribution < -0.4 is 23.8 Å². The number of thioether (sulfide) groups is 1. The maximum atomic E-state index is 13.1. The average Bonchev–Trinajstić information content (AvgIpc) is 3.30. The molecule has 1 amide bonds. The van der Waals surface area contributed by atoms with E-state index in [1.165, 1.54) is 23.8 Å². The summed E-state index contributed by atoms with van der Waals surface area (Å²) in [6, 6.07) is 8.87. The Morgan fingerprint density at radius 3 is 2.90 bits per heavy atom. The summed E-state index contributed by atoms with van der Waals surface area (Å²) in [6.07, 6.45) is 7.02. The number of fused-ring (bicyclic) bond motifs is 1. The highest BCUT2D eigenvalue weighted by molar-refractivity contribution is 9.10. The van der Waals surface area contributed by atoms with Gasteiger partial charge in [0.2, 0.25) is 6.79 Å². The zero-order valence-electron chi connectivity index (χ0n) is 15.6. The number of methoxy groups -OCH3 is 1. The van der Waals surface area contributed by atoms with E-state index in [2.05, 4.69) is 21.9 Å². The summed E-state index contributed by atoms with van der Waals surface area (Å²) < 4.78 is 22.8. The molecule has 1 fully saturated rings. The van der Waals surface area contributed by atoms with Crippen molar-refractivity contribution in [2.75, 3.05) is 25.4 Å². The van der Waals surface area contributed by atoms with Crippen molar-refractivity contribution in [3.05, 3.63) is 45.3 Å². The molecule has 2 aliphatic heterocycles. The van der Waals surface area contributed by atoms with Gasteiger partial charge in [-0.2, -0.15) is 0 Å². The molecule has 0 spiro atoms. The molecular formula is C21H14BrNO5S2. The molecule has 6 nitrogen and oxygen atoms in total. The standard InChI is InChI=1S/C21H14BrNO5S2/c1-3-6-26-19-14(22)7-12(8-17(19)25-2)9-18-20(24)23(21(29)30-18)13-4-5-15-16(10-13)28-11-27-15/h1,4-5,7-10H,6,11H2,2H3. The molecule has 0 atom stereocenters. The molecule has 4 rings (SSSR count). The van der Waals surface area contributed by atoms with Crippen molar-refractivity contribution in [3.8, 4) is 35.3 Å². The van der Waals surface area contributed by atoms with E-state index in [1.54, 1.807) is 30.3 Å². The van der Waals surface area contributed by atoms with Gasteiger partial charge in [0.15, 0.2) is 27.3 Å². The molecule has 2 aromatic carbocycles. The van der Waals surface area contributed by atoms with Crippen LogP contribution in [-0.2, 0) is 4.79 Å². The van der Waals surface area contributed by atoms with Gasteiger partial charge in [-0.05, 0) is 51.8 Å². The Morgan fingerprint density at radius 1 is 1.33 bits per heavy atom. The van der Waals surface area contributed by atoms with Gasteiger partial charge in [0.25, 0.3) is 5.91 Å². The predicted molar refractivity (Wildman–Crippen MR) is 123 cm³/mol. The first-order valence-corrected chi connectivity index (χ1v) is 10.6. The summed E-state index contributed by atoms with van der Waals surface area (Å²) >= 11 is 10.1. The summed E-state index contributed by atoms with van der Waals surface area (Å²) in [7, 11) is 1.54. The van der Waals surface area contributed by atoms with E-state index in [4.69, 9.17) is 37.6 Å². The van der Waals surface area contributed by atoms with Crippen LogP contribution in [0.2, 0.25) is 0 Å².